The molecule has 0 unspecified atom stereocenters. The third-order valence-electron chi connectivity index (χ3n) is 4.29. The number of nitrogens with two attached hydrogens (primary N) is 1. The molecular formula is C15H19FN2. The highest BCUT2D eigenvalue weighted by Gasteiger charge is 2.43. The van der Waals surface area contributed by atoms with E-state index in [1.165, 1.54) is 24.8 Å². The smallest absolute Gasteiger partial charge is 0.123 e. The van der Waals surface area contributed by atoms with Crippen LogP contribution < -0.4 is 11.1 Å². The minimum atomic E-state index is -0.148. The van der Waals surface area contributed by atoms with E-state index in [2.05, 4.69) is 11.4 Å². The average Bonchev–Trinajstić information content (AvgIpc) is 3.05. The van der Waals surface area contributed by atoms with Crippen LogP contribution in [0.1, 0.15) is 31.2 Å². The van der Waals surface area contributed by atoms with Gasteiger partial charge >= 0.3 is 0 Å². The highest BCUT2D eigenvalue weighted by Crippen LogP contribution is 2.52. The van der Waals surface area contributed by atoms with E-state index in [9.17, 15) is 4.39 Å². The van der Waals surface area contributed by atoms with E-state index in [1.807, 2.05) is 12.1 Å². The van der Waals surface area contributed by atoms with Crippen LogP contribution in [0.15, 0.2) is 36.2 Å². The number of benzene rings is 1. The molecule has 1 aromatic carbocycles. The maximum absolute atomic E-state index is 12.9. The molecule has 3 heteroatoms. The first-order chi connectivity index (χ1) is 8.68. The van der Waals surface area contributed by atoms with Gasteiger partial charge in [-0.1, -0.05) is 12.1 Å². The maximum Gasteiger partial charge on any atom is 0.123 e. The summed E-state index contributed by atoms with van der Waals surface area (Å²) in [5.74, 6) is 1.22. The summed E-state index contributed by atoms with van der Waals surface area (Å²) < 4.78 is 12.9. The number of halogens is 1. The van der Waals surface area contributed by atoms with Crippen LogP contribution in [0.3, 0.4) is 0 Å². The standard InChI is InChI=1S/C15H19FN2/c16-13-3-1-12(2-4-13)15(7-8-15)6-5-11-9-14(17)18-10-11/h1-4,9,11,18H,5-8,10,17H2/t11-/m0/s1. The molecule has 1 heterocycles. The van der Waals surface area contributed by atoms with Crippen LogP contribution in [0.5, 0.6) is 0 Å². The number of rotatable bonds is 4. The zero-order chi connectivity index (χ0) is 12.6. The van der Waals surface area contributed by atoms with Crippen LogP contribution in [0.25, 0.3) is 0 Å². The Hall–Kier alpha value is -1.51. The van der Waals surface area contributed by atoms with Gasteiger partial charge in [-0.3, -0.25) is 0 Å². The van der Waals surface area contributed by atoms with Crippen LogP contribution in [0.4, 0.5) is 4.39 Å². The third kappa shape index (κ3) is 2.22. The molecule has 18 heavy (non-hydrogen) atoms. The molecule has 2 aliphatic rings. The maximum atomic E-state index is 12.9. The summed E-state index contributed by atoms with van der Waals surface area (Å²) in [6.07, 6.45) is 6.93. The van der Waals surface area contributed by atoms with Crippen molar-refractivity contribution in [2.45, 2.75) is 31.1 Å². The molecule has 0 radical (unpaired) electrons. The fourth-order valence-corrected chi connectivity index (χ4v) is 2.91. The first kappa shape index (κ1) is 11.6. The van der Waals surface area contributed by atoms with Gasteiger partial charge in [0, 0.05) is 6.54 Å². The van der Waals surface area contributed by atoms with E-state index >= 15 is 0 Å². The minimum absolute atomic E-state index is 0.148. The van der Waals surface area contributed by atoms with E-state index in [0.29, 0.717) is 11.3 Å². The molecule has 2 nitrogen and oxygen atoms in total. The van der Waals surface area contributed by atoms with Crippen LogP contribution in [-0.4, -0.2) is 6.54 Å². The summed E-state index contributed by atoms with van der Waals surface area (Å²) in [6.45, 7) is 0.964. The zero-order valence-electron chi connectivity index (χ0n) is 10.5. The molecule has 1 atom stereocenters. The Morgan fingerprint density at radius 2 is 2.00 bits per heavy atom. The second-order valence-corrected chi connectivity index (χ2v) is 5.59. The van der Waals surface area contributed by atoms with Gasteiger partial charge in [0.2, 0.25) is 0 Å². The quantitative estimate of drug-likeness (QED) is 0.857. The van der Waals surface area contributed by atoms with Gasteiger partial charge in [0.05, 0.1) is 5.82 Å². The third-order valence-corrected chi connectivity index (χ3v) is 4.29. The number of nitrogens with one attached hydrogen (secondary N) is 1. The molecule has 0 aromatic heterocycles. The minimum Gasteiger partial charge on any atom is -0.386 e. The zero-order valence-corrected chi connectivity index (χ0v) is 10.5. The van der Waals surface area contributed by atoms with Crippen molar-refractivity contribution in [2.75, 3.05) is 6.54 Å². The highest BCUT2D eigenvalue weighted by molar-refractivity contribution is 5.31. The van der Waals surface area contributed by atoms with Gasteiger partial charge in [-0.15, -0.1) is 0 Å². The monoisotopic (exact) mass is 246 g/mol. The van der Waals surface area contributed by atoms with E-state index in [1.54, 1.807) is 12.1 Å². The second-order valence-electron chi connectivity index (χ2n) is 5.59. The summed E-state index contributed by atoms with van der Waals surface area (Å²) in [7, 11) is 0. The van der Waals surface area contributed by atoms with E-state index < -0.39 is 0 Å². The van der Waals surface area contributed by atoms with Gasteiger partial charge in [-0.2, -0.15) is 0 Å². The molecule has 0 bridgehead atoms. The van der Waals surface area contributed by atoms with Crippen molar-refractivity contribution in [2.24, 2.45) is 11.7 Å². The van der Waals surface area contributed by atoms with E-state index in [4.69, 9.17) is 5.73 Å². The molecule has 3 rings (SSSR count). The Labute approximate surface area is 107 Å². The highest BCUT2D eigenvalue weighted by atomic mass is 19.1. The predicted molar refractivity (Wildman–Crippen MR) is 70.3 cm³/mol. The number of hydrogen-bond acceptors (Lipinski definition) is 2. The number of hydrogen-bond donors (Lipinski definition) is 2. The average molecular weight is 246 g/mol. The van der Waals surface area contributed by atoms with Crippen molar-refractivity contribution in [3.8, 4) is 0 Å². The molecule has 0 spiro atoms. The SMILES string of the molecule is NC1=C[C@H](CCC2(c3ccc(F)cc3)CC2)CN1. The van der Waals surface area contributed by atoms with Crippen molar-refractivity contribution < 1.29 is 4.39 Å². The van der Waals surface area contributed by atoms with Crippen molar-refractivity contribution in [3.05, 3.63) is 47.5 Å². The lowest BCUT2D eigenvalue weighted by Crippen LogP contribution is -2.17. The largest absolute Gasteiger partial charge is 0.386 e. The molecule has 1 fully saturated rings. The van der Waals surface area contributed by atoms with Crippen molar-refractivity contribution in [1.82, 2.24) is 5.32 Å². The summed E-state index contributed by atoms with van der Waals surface area (Å²) >= 11 is 0. The lowest BCUT2D eigenvalue weighted by molar-refractivity contribution is 0.500. The molecular weight excluding hydrogens is 227 g/mol. The summed E-state index contributed by atoms with van der Waals surface area (Å²) in [6, 6.07) is 7.04. The van der Waals surface area contributed by atoms with Crippen LogP contribution in [0.2, 0.25) is 0 Å². The Morgan fingerprint density at radius 3 is 2.56 bits per heavy atom. The fraction of sp³-hybridized carbons (Fsp3) is 0.467. The van der Waals surface area contributed by atoms with Crippen molar-refractivity contribution >= 4 is 0 Å². The summed E-state index contributed by atoms with van der Waals surface area (Å²) in [4.78, 5) is 0. The van der Waals surface area contributed by atoms with Gasteiger partial charge in [0.1, 0.15) is 5.82 Å². The first-order valence-electron chi connectivity index (χ1n) is 6.65. The summed E-state index contributed by atoms with van der Waals surface area (Å²) in [5, 5.41) is 3.16. The lowest BCUT2D eigenvalue weighted by Gasteiger charge is -2.17. The van der Waals surface area contributed by atoms with E-state index in [-0.39, 0.29) is 5.82 Å². The molecule has 0 amide bonds. The van der Waals surface area contributed by atoms with Gasteiger partial charge in [-0.25, -0.2) is 4.39 Å². The van der Waals surface area contributed by atoms with Gasteiger partial charge < -0.3 is 11.1 Å². The van der Waals surface area contributed by atoms with Crippen LogP contribution in [0, 0.1) is 11.7 Å². The molecule has 3 N–H and O–H groups in total. The topological polar surface area (TPSA) is 38.0 Å². The Balaban J connectivity index is 1.63. The fourth-order valence-electron chi connectivity index (χ4n) is 2.91. The Morgan fingerprint density at radius 1 is 1.28 bits per heavy atom. The molecule has 0 saturated heterocycles. The van der Waals surface area contributed by atoms with Crippen molar-refractivity contribution in [3.63, 3.8) is 0 Å². The van der Waals surface area contributed by atoms with Crippen LogP contribution >= 0.6 is 0 Å². The molecule has 1 saturated carbocycles. The van der Waals surface area contributed by atoms with Gasteiger partial charge in [-0.05, 0) is 60.8 Å². The second kappa shape index (κ2) is 4.30. The molecule has 96 valence electrons. The van der Waals surface area contributed by atoms with Crippen LogP contribution in [-0.2, 0) is 5.41 Å². The first-order valence-corrected chi connectivity index (χ1v) is 6.65. The summed E-state index contributed by atoms with van der Waals surface area (Å²) in [5.41, 5.74) is 7.33. The normalized spacial score (nSPS) is 24.5. The van der Waals surface area contributed by atoms with Gasteiger partial charge in [0.15, 0.2) is 0 Å². The Kier molecular flexibility index (Phi) is 2.77. The molecule has 1 aliphatic carbocycles. The van der Waals surface area contributed by atoms with E-state index in [0.717, 1.165) is 18.8 Å². The lowest BCUT2D eigenvalue weighted by atomic mass is 9.88. The predicted octanol–water partition coefficient (Wildman–Crippen LogP) is 2.66. The van der Waals surface area contributed by atoms with Crippen molar-refractivity contribution in [1.29, 1.82) is 0 Å². The molecule has 1 aromatic rings. The Bertz CT molecular complexity index is 460. The van der Waals surface area contributed by atoms with Gasteiger partial charge in [0.25, 0.3) is 0 Å². The molecule has 1 aliphatic heterocycles.